The van der Waals surface area contributed by atoms with Crippen LogP contribution in [0.3, 0.4) is 0 Å². The molecule has 1 fully saturated rings. The zero-order valence-corrected chi connectivity index (χ0v) is 20.1. The molecule has 14 heteroatoms. The summed E-state index contributed by atoms with van der Waals surface area (Å²) in [6.07, 6.45) is 1.37. The highest BCUT2D eigenvalue weighted by molar-refractivity contribution is 5.94. The molecule has 3 amide bonds. The van der Waals surface area contributed by atoms with Crippen molar-refractivity contribution in [2.24, 2.45) is 22.4 Å². The number of hydrogen-bond donors (Lipinski definition) is 8. The maximum Gasteiger partial charge on any atom is 0.326 e. The third-order valence-electron chi connectivity index (χ3n) is 5.29. The lowest BCUT2D eigenvalue weighted by Crippen LogP contribution is -2.57. The lowest BCUT2D eigenvalue weighted by Gasteiger charge is -2.26. The van der Waals surface area contributed by atoms with Crippen LogP contribution in [0, 0.1) is 5.92 Å². The number of aliphatic imine (C=N–C) groups is 1. The average Bonchev–Trinajstić information content (AvgIpc) is 3.28. The number of aliphatic carboxylic acids is 2. The van der Waals surface area contributed by atoms with Gasteiger partial charge in [0.15, 0.2) is 5.96 Å². The van der Waals surface area contributed by atoms with Gasteiger partial charge in [-0.15, -0.1) is 0 Å². The third-order valence-corrected chi connectivity index (χ3v) is 5.29. The molecule has 1 saturated heterocycles. The highest BCUT2D eigenvalue weighted by Crippen LogP contribution is 2.10. The molecule has 0 aromatic rings. The van der Waals surface area contributed by atoms with E-state index in [0.717, 1.165) is 6.42 Å². The van der Waals surface area contributed by atoms with Gasteiger partial charge in [0, 0.05) is 6.54 Å². The molecular formula is C21H37N7O7. The number of carbonyl (C=O) groups excluding carboxylic acids is 3. The molecule has 1 rings (SSSR count). The van der Waals surface area contributed by atoms with E-state index in [1.807, 2.05) is 0 Å². The van der Waals surface area contributed by atoms with E-state index in [9.17, 15) is 29.1 Å². The fourth-order valence-electron chi connectivity index (χ4n) is 3.58. The van der Waals surface area contributed by atoms with Crippen molar-refractivity contribution in [2.45, 2.75) is 76.5 Å². The maximum absolute atomic E-state index is 13.1. The largest absolute Gasteiger partial charge is 0.481 e. The second kappa shape index (κ2) is 14.8. The van der Waals surface area contributed by atoms with Gasteiger partial charge in [-0.05, 0) is 44.6 Å². The van der Waals surface area contributed by atoms with E-state index in [-0.39, 0.29) is 37.2 Å². The lowest BCUT2D eigenvalue weighted by atomic mass is 10.0. The molecule has 0 saturated carbocycles. The van der Waals surface area contributed by atoms with Gasteiger partial charge in [-0.25, -0.2) is 4.79 Å². The minimum atomic E-state index is -1.66. The lowest BCUT2D eigenvalue weighted by molar-refractivity contribution is -0.147. The molecule has 198 valence electrons. The molecule has 1 aliphatic rings. The van der Waals surface area contributed by atoms with Crippen LogP contribution in [0.15, 0.2) is 4.99 Å². The zero-order valence-electron chi connectivity index (χ0n) is 20.1. The summed E-state index contributed by atoms with van der Waals surface area (Å²) in [5, 5.41) is 28.6. The number of nitrogens with two attached hydrogens (primary N) is 2. The Bertz CT molecular complexity index is 793. The molecule has 1 heterocycles. The van der Waals surface area contributed by atoms with Crippen LogP contribution in [0.25, 0.3) is 0 Å². The van der Waals surface area contributed by atoms with Gasteiger partial charge in [0.05, 0.1) is 12.5 Å². The monoisotopic (exact) mass is 499 g/mol. The van der Waals surface area contributed by atoms with Crippen molar-refractivity contribution in [3.05, 3.63) is 0 Å². The third kappa shape index (κ3) is 11.5. The number of guanidine groups is 1. The smallest absolute Gasteiger partial charge is 0.326 e. The fraction of sp³-hybridized carbons (Fsp3) is 0.714. The first-order valence-electron chi connectivity index (χ1n) is 11.5. The summed E-state index contributed by atoms with van der Waals surface area (Å²) in [6, 6.07) is -4.21. The van der Waals surface area contributed by atoms with Crippen LogP contribution in [-0.2, 0) is 24.0 Å². The van der Waals surface area contributed by atoms with Crippen LogP contribution in [0.4, 0.5) is 0 Å². The molecule has 4 atom stereocenters. The van der Waals surface area contributed by atoms with Crippen molar-refractivity contribution >= 4 is 35.6 Å². The minimum absolute atomic E-state index is 0.0635. The number of carboxylic acids is 2. The Morgan fingerprint density at radius 1 is 1.00 bits per heavy atom. The van der Waals surface area contributed by atoms with Crippen molar-refractivity contribution < 1.29 is 34.2 Å². The van der Waals surface area contributed by atoms with Gasteiger partial charge in [0.2, 0.25) is 17.7 Å². The molecule has 0 aliphatic carbocycles. The van der Waals surface area contributed by atoms with Gasteiger partial charge in [-0.1, -0.05) is 13.8 Å². The summed E-state index contributed by atoms with van der Waals surface area (Å²) in [4.78, 5) is 64.6. The first-order chi connectivity index (χ1) is 16.4. The maximum atomic E-state index is 13.1. The summed E-state index contributed by atoms with van der Waals surface area (Å²) in [5.41, 5.74) is 10.6. The van der Waals surface area contributed by atoms with E-state index in [4.69, 9.17) is 16.6 Å². The summed E-state index contributed by atoms with van der Waals surface area (Å²) in [5.74, 6) is -4.88. The topological polar surface area (TPSA) is 238 Å². The van der Waals surface area contributed by atoms with Crippen LogP contribution >= 0.6 is 0 Å². The van der Waals surface area contributed by atoms with Gasteiger partial charge in [0.25, 0.3) is 0 Å². The Labute approximate surface area is 203 Å². The molecule has 0 radical (unpaired) electrons. The second-order valence-electron chi connectivity index (χ2n) is 8.85. The molecule has 0 aromatic carbocycles. The molecule has 35 heavy (non-hydrogen) atoms. The van der Waals surface area contributed by atoms with Crippen molar-refractivity contribution in [1.82, 2.24) is 21.3 Å². The number of carboxylic acid groups (broad SMARTS) is 2. The van der Waals surface area contributed by atoms with E-state index in [2.05, 4.69) is 26.3 Å². The van der Waals surface area contributed by atoms with E-state index >= 15 is 0 Å². The molecule has 10 N–H and O–H groups in total. The zero-order chi connectivity index (χ0) is 26.5. The Morgan fingerprint density at radius 2 is 1.63 bits per heavy atom. The quantitative estimate of drug-likeness (QED) is 0.0690. The molecule has 4 unspecified atom stereocenters. The van der Waals surface area contributed by atoms with Crippen molar-refractivity contribution in [3.63, 3.8) is 0 Å². The van der Waals surface area contributed by atoms with E-state index < -0.39 is 54.3 Å². The number of rotatable bonds is 15. The summed E-state index contributed by atoms with van der Waals surface area (Å²) in [7, 11) is 0. The van der Waals surface area contributed by atoms with Crippen molar-refractivity contribution in [2.75, 3.05) is 13.1 Å². The Hall–Kier alpha value is -3.42. The van der Waals surface area contributed by atoms with E-state index in [1.54, 1.807) is 13.8 Å². The molecule has 0 spiro atoms. The van der Waals surface area contributed by atoms with Crippen LogP contribution < -0.4 is 32.7 Å². The predicted molar refractivity (Wildman–Crippen MR) is 126 cm³/mol. The van der Waals surface area contributed by atoms with Crippen molar-refractivity contribution in [3.8, 4) is 0 Å². The fourth-order valence-corrected chi connectivity index (χ4v) is 3.58. The summed E-state index contributed by atoms with van der Waals surface area (Å²) < 4.78 is 0. The van der Waals surface area contributed by atoms with Crippen LogP contribution in [0.5, 0.6) is 0 Å². The second-order valence-corrected chi connectivity index (χ2v) is 8.85. The van der Waals surface area contributed by atoms with Gasteiger partial charge < -0.3 is 42.9 Å². The number of nitrogens with one attached hydrogen (secondary N) is 4. The minimum Gasteiger partial charge on any atom is -0.481 e. The Kier molecular flexibility index (Phi) is 12.5. The molecule has 0 bridgehead atoms. The number of nitrogens with zero attached hydrogens (tertiary/aromatic N) is 1. The average molecular weight is 500 g/mol. The van der Waals surface area contributed by atoms with Crippen LogP contribution in [-0.4, -0.2) is 83.1 Å². The number of hydrogen-bond acceptors (Lipinski definition) is 7. The standard InChI is InChI=1S/C21H37N7O7/c1-11(2)9-14(19(33)28-15(20(34)35)10-16(29)30)27-18(32)13(6-4-8-25-21(22)23)26-17(31)12-5-3-7-24-12/h11-15,24H,3-10H2,1-2H3,(H,26,31)(H,27,32)(H,28,33)(H,29,30)(H,34,35)(H4,22,23,25). The normalized spacial score (nSPS) is 17.6. The first-order valence-corrected chi connectivity index (χ1v) is 11.5. The molecule has 1 aliphatic heterocycles. The van der Waals surface area contributed by atoms with Crippen molar-refractivity contribution in [1.29, 1.82) is 0 Å². The molecule has 0 aromatic heterocycles. The summed E-state index contributed by atoms with van der Waals surface area (Å²) in [6.45, 7) is 4.53. The number of amides is 3. The Morgan fingerprint density at radius 3 is 2.14 bits per heavy atom. The SMILES string of the molecule is CC(C)CC(NC(=O)C(CCCN=C(N)N)NC(=O)C1CCCN1)C(=O)NC(CC(=O)O)C(=O)O. The van der Waals surface area contributed by atoms with E-state index in [1.165, 1.54) is 0 Å². The molecular weight excluding hydrogens is 462 g/mol. The summed E-state index contributed by atoms with van der Waals surface area (Å²) >= 11 is 0. The van der Waals surface area contributed by atoms with Crippen LogP contribution in [0.1, 0.15) is 52.4 Å². The highest BCUT2D eigenvalue weighted by Gasteiger charge is 2.32. The van der Waals surface area contributed by atoms with E-state index in [0.29, 0.717) is 19.4 Å². The van der Waals surface area contributed by atoms with Gasteiger partial charge in [-0.3, -0.25) is 24.2 Å². The van der Waals surface area contributed by atoms with Gasteiger partial charge in [0.1, 0.15) is 18.1 Å². The van der Waals surface area contributed by atoms with Gasteiger partial charge in [-0.2, -0.15) is 0 Å². The number of carbonyl (C=O) groups is 5. The molecule has 14 nitrogen and oxygen atoms in total. The Balaban J connectivity index is 2.96. The van der Waals surface area contributed by atoms with Crippen LogP contribution in [0.2, 0.25) is 0 Å². The first kappa shape index (κ1) is 29.6. The van der Waals surface area contributed by atoms with Gasteiger partial charge >= 0.3 is 11.9 Å². The highest BCUT2D eigenvalue weighted by atomic mass is 16.4. The predicted octanol–water partition coefficient (Wildman–Crippen LogP) is -2.15.